The number of fused-ring (bicyclic) bond motifs is 3. The Kier molecular flexibility index (Phi) is 3.33. The normalized spacial score (nSPS) is 22.4. The van der Waals surface area contributed by atoms with Crippen LogP contribution in [0.1, 0.15) is 19.2 Å². The van der Waals surface area contributed by atoms with Crippen molar-refractivity contribution in [1.29, 1.82) is 0 Å². The summed E-state index contributed by atoms with van der Waals surface area (Å²) >= 11 is 3.43. The summed E-state index contributed by atoms with van der Waals surface area (Å²) in [5.41, 5.74) is 0.518. The van der Waals surface area contributed by atoms with Gasteiger partial charge in [-0.25, -0.2) is 4.98 Å². The number of halogens is 1. The maximum absolute atomic E-state index is 12.3. The predicted octanol–water partition coefficient (Wildman–Crippen LogP) is 2.39. The van der Waals surface area contributed by atoms with E-state index in [1.165, 1.54) is 0 Å². The minimum atomic E-state index is -0.669. The molecule has 1 fully saturated rings. The average Bonchev–Trinajstić information content (AvgIpc) is 3.00. The van der Waals surface area contributed by atoms with Gasteiger partial charge in [-0.3, -0.25) is 9.69 Å². The molecule has 1 unspecified atom stereocenters. The van der Waals surface area contributed by atoms with Crippen molar-refractivity contribution in [3.63, 3.8) is 0 Å². The maximum Gasteiger partial charge on any atom is 0.294 e. The van der Waals surface area contributed by atoms with Crippen LogP contribution in [0.25, 0.3) is 22.1 Å². The molecule has 0 radical (unpaired) electrons. The van der Waals surface area contributed by atoms with Crippen LogP contribution < -0.4 is 5.56 Å². The average molecular weight is 378 g/mol. The zero-order chi connectivity index (χ0) is 16.2. The Hall–Kier alpha value is -1.70. The first-order chi connectivity index (χ1) is 10.9. The molecule has 2 N–H and O–H groups in total. The van der Waals surface area contributed by atoms with Crippen molar-refractivity contribution in [2.24, 2.45) is 0 Å². The quantitative estimate of drug-likeness (QED) is 0.716. The molecule has 120 valence electrons. The molecule has 7 heteroatoms. The lowest BCUT2D eigenvalue weighted by molar-refractivity contribution is 0.0676. The highest BCUT2D eigenvalue weighted by molar-refractivity contribution is 9.10. The zero-order valence-corrected chi connectivity index (χ0v) is 14.2. The van der Waals surface area contributed by atoms with Crippen molar-refractivity contribution >= 4 is 38.0 Å². The van der Waals surface area contributed by atoms with Crippen molar-refractivity contribution in [2.45, 2.75) is 25.5 Å². The van der Waals surface area contributed by atoms with Crippen molar-refractivity contribution in [3.8, 4) is 0 Å². The molecule has 0 saturated carbocycles. The van der Waals surface area contributed by atoms with Crippen LogP contribution in [0.5, 0.6) is 0 Å². The van der Waals surface area contributed by atoms with E-state index in [1.807, 2.05) is 25.1 Å². The Morgan fingerprint density at radius 3 is 3.09 bits per heavy atom. The molecule has 6 nitrogen and oxygen atoms in total. The molecule has 1 aliphatic rings. The fourth-order valence-corrected chi connectivity index (χ4v) is 3.49. The minimum Gasteiger partial charge on any atom is -0.449 e. The maximum atomic E-state index is 12.3. The third-order valence-corrected chi connectivity index (χ3v) is 4.73. The number of furan rings is 1. The van der Waals surface area contributed by atoms with Crippen LogP contribution in [0.2, 0.25) is 0 Å². The van der Waals surface area contributed by atoms with E-state index in [1.54, 1.807) is 0 Å². The molecule has 0 amide bonds. The topological polar surface area (TPSA) is 82.4 Å². The van der Waals surface area contributed by atoms with E-state index >= 15 is 0 Å². The van der Waals surface area contributed by atoms with Crippen LogP contribution >= 0.6 is 15.9 Å². The first-order valence-corrected chi connectivity index (χ1v) is 8.26. The van der Waals surface area contributed by atoms with Gasteiger partial charge in [0.05, 0.1) is 12.1 Å². The summed E-state index contributed by atoms with van der Waals surface area (Å²) in [4.78, 5) is 21.7. The van der Waals surface area contributed by atoms with Gasteiger partial charge in [-0.2, -0.15) is 0 Å². The Balaban J connectivity index is 1.78. The highest BCUT2D eigenvalue weighted by atomic mass is 79.9. The highest BCUT2D eigenvalue weighted by Crippen LogP contribution is 2.28. The molecule has 3 aromatic rings. The Bertz CT molecular complexity index is 960. The van der Waals surface area contributed by atoms with Gasteiger partial charge in [-0.1, -0.05) is 15.9 Å². The van der Waals surface area contributed by atoms with E-state index in [-0.39, 0.29) is 11.1 Å². The van der Waals surface area contributed by atoms with E-state index in [0.29, 0.717) is 30.0 Å². The number of rotatable bonds is 2. The number of benzene rings is 1. The molecule has 0 aliphatic carbocycles. The lowest BCUT2D eigenvalue weighted by atomic mass is 10.1. The van der Waals surface area contributed by atoms with Crippen molar-refractivity contribution in [2.75, 3.05) is 13.1 Å². The molecule has 1 aliphatic heterocycles. The van der Waals surface area contributed by atoms with E-state index < -0.39 is 5.60 Å². The fraction of sp³-hybridized carbons (Fsp3) is 0.375. The monoisotopic (exact) mass is 377 g/mol. The van der Waals surface area contributed by atoms with E-state index in [9.17, 15) is 9.90 Å². The third-order valence-electron chi connectivity index (χ3n) is 4.24. The second kappa shape index (κ2) is 5.15. The third kappa shape index (κ3) is 2.69. The largest absolute Gasteiger partial charge is 0.449 e. The van der Waals surface area contributed by atoms with Gasteiger partial charge in [0.2, 0.25) is 5.58 Å². The van der Waals surface area contributed by atoms with E-state index in [4.69, 9.17) is 4.42 Å². The summed E-state index contributed by atoms with van der Waals surface area (Å²) in [6.45, 7) is 3.69. The van der Waals surface area contributed by atoms with Gasteiger partial charge in [-0.15, -0.1) is 0 Å². The number of likely N-dealkylation sites (tertiary alicyclic amines) is 1. The number of aliphatic hydroxyl groups is 1. The second-order valence-corrected chi connectivity index (χ2v) is 7.31. The van der Waals surface area contributed by atoms with Crippen LogP contribution in [0.15, 0.2) is 31.9 Å². The van der Waals surface area contributed by atoms with Gasteiger partial charge in [0.1, 0.15) is 16.9 Å². The Morgan fingerprint density at radius 2 is 2.35 bits per heavy atom. The summed E-state index contributed by atoms with van der Waals surface area (Å²) in [6.07, 6.45) is 0.723. The molecule has 4 rings (SSSR count). The van der Waals surface area contributed by atoms with Crippen LogP contribution in [-0.4, -0.2) is 38.7 Å². The summed E-state index contributed by atoms with van der Waals surface area (Å²) in [7, 11) is 0. The summed E-state index contributed by atoms with van der Waals surface area (Å²) < 4.78 is 6.52. The minimum absolute atomic E-state index is 0.246. The molecular weight excluding hydrogens is 362 g/mol. The van der Waals surface area contributed by atoms with Crippen molar-refractivity contribution in [3.05, 3.63) is 38.9 Å². The Morgan fingerprint density at radius 1 is 1.52 bits per heavy atom. The summed E-state index contributed by atoms with van der Waals surface area (Å²) in [5, 5.41) is 10.9. The molecular formula is C16H16BrN3O3. The van der Waals surface area contributed by atoms with Gasteiger partial charge in [0.25, 0.3) is 5.56 Å². The molecule has 1 atom stereocenters. The van der Waals surface area contributed by atoms with Gasteiger partial charge in [0.15, 0.2) is 0 Å². The lowest BCUT2D eigenvalue weighted by Gasteiger charge is -2.18. The van der Waals surface area contributed by atoms with Crippen LogP contribution in [0, 0.1) is 0 Å². The number of aromatic amines is 1. The number of β-amino-alcohol motifs (C(OH)–C–C–N with tert-alkyl or cyclic N) is 1. The molecule has 1 aromatic carbocycles. The number of aromatic nitrogens is 2. The summed E-state index contributed by atoms with van der Waals surface area (Å²) in [6, 6.07) is 5.59. The molecule has 3 heterocycles. The molecule has 0 spiro atoms. The number of nitrogens with one attached hydrogen (secondary N) is 1. The molecule has 2 aromatic heterocycles. The second-order valence-electron chi connectivity index (χ2n) is 6.39. The van der Waals surface area contributed by atoms with Crippen LogP contribution in [-0.2, 0) is 6.54 Å². The zero-order valence-electron chi connectivity index (χ0n) is 12.6. The number of nitrogens with zero attached hydrogens (tertiary/aromatic N) is 2. The van der Waals surface area contributed by atoms with Crippen molar-refractivity contribution < 1.29 is 9.52 Å². The summed E-state index contributed by atoms with van der Waals surface area (Å²) in [5.74, 6) is 0.586. The van der Waals surface area contributed by atoms with E-state index in [2.05, 4.69) is 30.8 Å². The SMILES string of the molecule is CC1(O)CCN(Cc2nc3c(oc4ccc(Br)cc43)c(=O)[nH]2)C1. The van der Waals surface area contributed by atoms with Gasteiger partial charge >= 0.3 is 0 Å². The standard InChI is InChI=1S/C16H16BrN3O3/c1-16(22)4-5-20(8-16)7-12-18-13-10-6-9(17)2-3-11(10)23-14(13)15(21)19-12/h2-3,6,22H,4-5,7-8H2,1H3,(H,18,19,21). The van der Waals surface area contributed by atoms with Crippen molar-refractivity contribution in [1.82, 2.24) is 14.9 Å². The smallest absolute Gasteiger partial charge is 0.294 e. The van der Waals surface area contributed by atoms with Gasteiger partial charge in [0, 0.05) is 22.9 Å². The first kappa shape index (κ1) is 14.9. The number of hydrogen-bond acceptors (Lipinski definition) is 5. The predicted molar refractivity (Wildman–Crippen MR) is 90.4 cm³/mol. The first-order valence-electron chi connectivity index (χ1n) is 7.47. The highest BCUT2D eigenvalue weighted by Gasteiger charge is 2.31. The number of H-pyrrole nitrogens is 1. The van der Waals surface area contributed by atoms with Gasteiger partial charge < -0.3 is 14.5 Å². The van der Waals surface area contributed by atoms with Crippen LogP contribution in [0.3, 0.4) is 0 Å². The molecule has 23 heavy (non-hydrogen) atoms. The molecule has 1 saturated heterocycles. The van der Waals surface area contributed by atoms with Crippen LogP contribution in [0.4, 0.5) is 0 Å². The Labute approximate surface area is 140 Å². The fourth-order valence-electron chi connectivity index (χ4n) is 3.13. The molecule has 0 bridgehead atoms. The number of hydrogen-bond donors (Lipinski definition) is 2. The van der Waals surface area contributed by atoms with E-state index in [0.717, 1.165) is 22.8 Å². The van der Waals surface area contributed by atoms with Gasteiger partial charge in [-0.05, 0) is 31.5 Å². The lowest BCUT2D eigenvalue weighted by Crippen LogP contribution is -2.30.